The predicted octanol–water partition coefficient (Wildman–Crippen LogP) is 2.41. The van der Waals surface area contributed by atoms with E-state index < -0.39 is 0 Å². The highest BCUT2D eigenvalue weighted by Crippen LogP contribution is 2.25. The van der Waals surface area contributed by atoms with Gasteiger partial charge < -0.3 is 15.4 Å². The van der Waals surface area contributed by atoms with Crippen molar-refractivity contribution in [1.29, 1.82) is 0 Å². The molecule has 0 saturated carbocycles. The maximum absolute atomic E-state index is 5.29. The summed E-state index contributed by atoms with van der Waals surface area (Å²) in [5, 5.41) is 9.22. The average molecular weight is 257 g/mol. The summed E-state index contributed by atoms with van der Waals surface area (Å²) in [6.07, 6.45) is 4.35. The van der Waals surface area contributed by atoms with Gasteiger partial charge in [0, 0.05) is 24.2 Å². The first kappa shape index (κ1) is 12.2. The number of pyridine rings is 1. The van der Waals surface area contributed by atoms with Crippen LogP contribution >= 0.6 is 0 Å². The molecule has 1 unspecified atom stereocenters. The smallest absolute Gasteiger partial charge is 0.134 e. The Kier molecular flexibility index (Phi) is 3.51. The highest BCUT2D eigenvalue weighted by molar-refractivity contribution is 5.92. The number of nitrogens with zero attached hydrogens (tertiary/aromatic N) is 1. The highest BCUT2D eigenvalue weighted by atomic mass is 16.5. The fraction of sp³-hybridized carbons (Fsp3) is 0.400. The van der Waals surface area contributed by atoms with Crippen molar-refractivity contribution in [1.82, 2.24) is 10.3 Å². The Morgan fingerprint density at radius 1 is 1.42 bits per heavy atom. The Labute approximate surface area is 113 Å². The lowest BCUT2D eigenvalue weighted by atomic mass is 10.1. The van der Waals surface area contributed by atoms with Crippen LogP contribution in [-0.2, 0) is 0 Å². The SMILES string of the molecule is COc1ccc2ccnc(NCC3CCCN3)c2c1. The molecule has 1 fully saturated rings. The molecule has 1 aliphatic rings. The molecule has 1 aromatic carbocycles. The minimum atomic E-state index is 0.558. The van der Waals surface area contributed by atoms with Crippen LogP contribution in [0.4, 0.5) is 5.82 Å². The third-order valence-corrected chi connectivity index (χ3v) is 3.65. The van der Waals surface area contributed by atoms with Crippen molar-refractivity contribution in [3.8, 4) is 5.75 Å². The summed E-state index contributed by atoms with van der Waals surface area (Å²) in [5.41, 5.74) is 0. The van der Waals surface area contributed by atoms with Crippen LogP contribution in [0.2, 0.25) is 0 Å². The Morgan fingerprint density at radius 3 is 3.16 bits per heavy atom. The summed E-state index contributed by atoms with van der Waals surface area (Å²) in [6.45, 7) is 2.05. The van der Waals surface area contributed by atoms with Gasteiger partial charge in [-0.3, -0.25) is 0 Å². The van der Waals surface area contributed by atoms with E-state index in [1.54, 1.807) is 7.11 Å². The number of hydrogen-bond acceptors (Lipinski definition) is 4. The number of aromatic nitrogens is 1. The Morgan fingerprint density at radius 2 is 2.37 bits per heavy atom. The lowest BCUT2D eigenvalue weighted by Crippen LogP contribution is -2.29. The van der Waals surface area contributed by atoms with Crippen molar-refractivity contribution < 1.29 is 4.74 Å². The summed E-state index contributed by atoms with van der Waals surface area (Å²) < 4.78 is 5.29. The molecule has 2 N–H and O–H groups in total. The third-order valence-electron chi connectivity index (χ3n) is 3.65. The first-order valence-electron chi connectivity index (χ1n) is 6.77. The summed E-state index contributed by atoms with van der Waals surface area (Å²) in [6, 6.07) is 8.66. The second-order valence-corrected chi connectivity index (χ2v) is 4.92. The number of rotatable bonds is 4. The molecule has 1 saturated heterocycles. The van der Waals surface area contributed by atoms with Crippen LogP contribution < -0.4 is 15.4 Å². The fourth-order valence-electron chi connectivity index (χ4n) is 2.57. The fourth-order valence-corrected chi connectivity index (χ4v) is 2.57. The zero-order valence-electron chi connectivity index (χ0n) is 11.1. The van der Waals surface area contributed by atoms with E-state index in [0.29, 0.717) is 6.04 Å². The maximum Gasteiger partial charge on any atom is 0.134 e. The van der Waals surface area contributed by atoms with Crippen LogP contribution in [0.1, 0.15) is 12.8 Å². The van der Waals surface area contributed by atoms with Gasteiger partial charge in [0.2, 0.25) is 0 Å². The molecule has 4 heteroatoms. The average Bonchev–Trinajstić information content (AvgIpc) is 2.97. The zero-order chi connectivity index (χ0) is 13.1. The van der Waals surface area contributed by atoms with E-state index in [2.05, 4.69) is 21.7 Å². The Hall–Kier alpha value is -1.81. The van der Waals surface area contributed by atoms with Crippen LogP contribution in [0.5, 0.6) is 5.75 Å². The van der Waals surface area contributed by atoms with Crippen molar-refractivity contribution in [3.05, 3.63) is 30.5 Å². The number of hydrogen-bond donors (Lipinski definition) is 2. The maximum atomic E-state index is 5.29. The second-order valence-electron chi connectivity index (χ2n) is 4.92. The number of nitrogens with one attached hydrogen (secondary N) is 2. The van der Waals surface area contributed by atoms with Gasteiger partial charge >= 0.3 is 0 Å². The normalized spacial score (nSPS) is 18.7. The molecule has 100 valence electrons. The monoisotopic (exact) mass is 257 g/mol. The number of ether oxygens (including phenoxy) is 1. The predicted molar refractivity (Wildman–Crippen MR) is 77.8 cm³/mol. The standard InChI is InChI=1S/C15H19N3O/c1-19-13-5-4-11-6-8-17-15(14(11)9-13)18-10-12-3-2-7-16-12/h4-6,8-9,12,16H,2-3,7,10H2,1H3,(H,17,18). The molecule has 1 atom stereocenters. The Bertz CT molecular complexity index is 564. The van der Waals surface area contributed by atoms with Gasteiger partial charge in [-0.15, -0.1) is 0 Å². The molecule has 0 amide bonds. The van der Waals surface area contributed by atoms with Crippen LogP contribution in [0, 0.1) is 0 Å². The molecule has 2 aromatic rings. The van der Waals surface area contributed by atoms with Crippen molar-refractivity contribution in [2.24, 2.45) is 0 Å². The van der Waals surface area contributed by atoms with E-state index in [4.69, 9.17) is 4.74 Å². The summed E-state index contributed by atoms with van der Waals surface area (Å²) in [4.78, 5) is 4.45. The number of anilines is 1. The van der Waals surface area contributed by atoms with Gasteiger partial charge in [-0.1, -0.05) is 6.07 Å². The van der Waals surface area contributed by atoms with Crippen LogP contribution in [0.15, 0.2) is 30.5 Å². The van der Waals surface area contributed by atoms with E-state index in [1.165, 1.54) is 18.2 Å². The molecule has 0 spiro atoms. The third kappa shape index (κ3) is 2.63. The lowest BCUT2D eigenvalue weighted by Gasteiger charge is -2.14. The van der Waals surface area contributed by atoms with E-state index in [-0.39, 0.29) is 0 Å². The minimum Gasteiger partial charge on any atom is -0.497 e. The van der Waals surface area contributed by atoms with Gasteiger partial charge in [-0.25, -0.2) is 4.98 Å². The van der Waals surface area contributed by atoms with Crippen LogP contribution in [0.3, 0.4) is 0 Å². The van der Waals surface area contributed by atoms with E-state index in [9.17, 15) is 0 Å². The molecule has 2 heterocycles. The summed E-state index contributed by atoms with van der Waals surface area (Å²) in [7, 11) is 1.69. The van der Waals surface area contributed by atoms with Crippen molar-refractivity contribution in [3.63, 3.8) is 0 Å². The minimum absolute atomic E-state index is 0.558. The molecule has 19 heavy (non-hydrogen) atoms. The first-order valence-corrected chi connectivity index (χ1v) is 6.77. The summed E-state index contributed by atoms with van der Waals surface area (Å²) in [5.74, 6) is 1.80. The molecular formula is C15H19N3O. The molecule has 0 radical (unpaired) electrons. The topological polar surface area (TPSA) is 46.2 Å². The summed E-state index contributed by atoms with van der Waals surface area (Å²) >= 11 is 0. The van der Waals surface area contributed by atoms with Gasteiger partial charge in [0.15, 0.2) is 0 Å². The molecule has 0 bridgehead atoms. The zero-order valence-corrected chi connectivity index (χ0v) is 11.1. The second kappa shape index (κ2) is 5.45. The Balaban J connectivity index is 1.84. The van der Waals surface area contributed by atoms with Gasteiger partial charge in [-0.2, -0.15) is 0 Å². The van der Waals surface area contributed by atoms with Crippen LogP contribution in [0.25, 0.3) is 10.8 Å². The molecule has 3 rings (SSSR count). The number of methoxy groups -OCH3 is 1. The quantitative estimate of drug-likeness (QED) is 0.883. The van der Waals surface area contributed by atoms with Gasteiger partial charge in [-0.05, 0) is 43.0 Å². The molecule has 0 aliphatic carbocycles. The van der Waals surface area contributed by atoms with Gasteiger partial charge in [0.05, 0.1) is 7.11 Å². The van der Waals surface area contributed by atoms with Crippen molar-refractivity contribution in [2.45, 2.75) is 18.9 Å². The number of fused-ring (bicyclic) bond motifs is 1. The van der Waals surface area contributed by atoms with Gasteiger partial charge in [0.1, 0.15) is 11.6 Å². The van der Waals surface area contributed by atoms with E-state index in [1.807, 2.05) is 24.4 Å². The van der Waals surface area contributed by atoms with Gasteiger partial charge in [0.25, 0.3) is 0 Å². The van der Waals surface area contributed by atoms with Crippen molar-refractivity contribution in [2.75, 3.05) is 25.5 Å². The van der Waals surface area contributed by atoms with E-state index in [0.717, 1.165) is 30.0 Å². The molecule has 4 nitrogen and oxygen atoms in total. The number of benzene rings is 1. The molecule has 1 aromatic heterocycles. The molecule has 1 aliphatic heterocycles. The molecular weight excluding hydrogens is 238 g/mol. The largest absolute Gasteiger partial charge is 0.497 e. The lowest BCUT2D eigenvalue weighted by molar-refractivity contribution is 0.415. The highest BCUT2D eigenvalue weighted by Gasteiger charge is 2.14. The van der Waals surface area contributed by atoms with Crippen molar-refractivity contribution >= 4 is 16.6 Å². The van der Waals surface area contributed by atoms with E-state index >= 15 is 0 Å². The van der Waals surface area contributed by atoms with Crippen LogP contribution in [-0.4, -0.2) is 31.2 Å². The first-order chi connectivity index (χ1) is 9.36.